The van der Waals surface area contributed by atoms with Crippen LogP contribution in [0.2, 0.25) is 10.2 Å². The van der Waals surface area contributed by atoms with Crippen molar-refractivity contribution in [3.05, 3.63) is 45.5 Å². The fourth-order valence-corrected chi connectivity index (χ4v) is 2.97. The number of halogens is 2. The quantitative estimate of drug-likeness (QED) is 0.705. The number of rotatable bonds is 8. The predicted octanol–water partition coefficient (Wildman–Crippen LogP) is 4.57. The predicted molar refractivity (Wildman–Crippen MR) is 95.4 cm³/mol. The summed E-state index contributed by atoms with van der Waals surface area (Å²) in [6.45, 7) is 5.73. The Balaban J connectivity index is 2.10. The SMILES string of the molecule is CCCCCOc1ccc(Cn2c(C)nc(Cl)c2CN)c(Cl)c1. The molecule has 0 amide bonds. The summed E-state index contributed by atoms with van der Waals surface area (Å²) in [5.74, 6) is 1.63. The Morgan fingerprint density at radius 3 is 2.70 bits per heavy atom. The number of unbranched alkanes of at least 4 members (excludes halogenated alkanes) is 2. The van der Waals surface area contributed by atoms with Gasteiger partial charge in [0.1, 0.15) is 11.6 Å². The lowest BCUT2D eigenvalue weighted by Crippen LogP contribution is -2.10. The molecule has 1 aromatic heterocycles. The molecule has 2 N–H and O–H groups in total. The highest BCUT2D eigenvalue weighted by Gasteiger charge is 2.13. The minimum Gasteiger partial charge on any atom is -0.494 e. The molecule has 0 saturated heterocycles. The third-order valence-corrected chi connectivity index (χ3v) is 4.43. The lowest BCUT2D eigenvalue weighted by Gasteiger charge is -2.12. The Morgan fingerprint density at radius 2 is 2.04 bits per heavy atom. The number of nitrogens with two attached hydrogens (primary N) is 1. The minimum absolute atomic E-state index is 0.343. The van der Waals surface area contributed by atoms with E-state index >= 15 is 0 Å². The fraction of sp³-hybridized carbons (Fsp3) is 0.471. The third kappa shape index (κ3) is 4.63. The molecule has 1 aromatic carbocycles. The lowest BCUT2D eigenvalue weighted by atomic mass is 10.2. The standard InChI is InChI=1S/C17H23Cl2N3O/c1-3-4-5-8-23-14-7-6-13(15(18)9-14)11-22-12(2)21-17(19)16(22)10-20/h6-7,9H,3-5,8,10-11,20H2,1-2H3. The molecule has 0 radical (unpaired) electrons. The van der Waals surface area contributed by atoms with Crippen LogP contribution >= 0.6 is 23.2 Å². The van der Waals surface area contributed by atoms with Crippen LogP contribution in [0.1, 0.15) is 43.3 Å². The smallest absolute Gasteiger partial charge is 0.151 e. The van der Waals surface area contributed by atoms with E-state index in [1.165, 1.54) is 12.8 Å². The van der Waals surface area contributed by atoms with Crippen LogP contribution in [0.15, 0.2) is 18.2 Å². The summed E-state index contributed by atoms with van der Waals surface area (Å²) < 4.78 is 7.71. The van der Waals surface area contributed by atoms with Crippen molar-refractivity contribution in [3.63, 3.8) is 0 Å². The summed E-state index contributed by atoms with van der Waals surface area (Å²) in [7, 11) is 0. The average molecular weight is 356 g/mol. The van der Waals surface area contributed by atoms with Gasteiger partial charge in [-0.15, -0.1) is 0 Å². The van der Waals surface area contributed by atoms with Crippen molar-refractivity contribution >= 4 is 23.2 Å². The number of benzene rings is 1. The van der Waals surface area contributed by atoms with Gasteiger partial charge in [-0.05, 0) is 31.0 Å². The average Bonchev–Trinajstić information content (AvgIpc) is 2.79. The van der Waals surface area contributed by atoms with Crippen molar-refractivity contribution in [2.75, 3.05) is 6.61 Å². The molecular formula is C17H23Cl2N3O. The van der Waals surface area contributed by atoms with E-state index in [0.717, 1.165) is 35.9 Å². The van der Waals surface area contributed by atoms with Crippen LogP contribution in [0.25, 0.3) is 0 Å². The zero-order valence-corrected chi connectivity index (χ0v) is 15.1. The van der Waals surface area contributed by atoms with Gasteiger partial charge in [0, 0.05) is 11.6 Å². The summed E-state index contributed by atoms with van der Waals surface area (Å²) in [6.07, 6.45) is 3.41. The summed E-state index contributed by atoms with van der Waals surface area (Å²) in [6, 6.07) is 5.78. The van der Waals surface area contributed by atoms with Crippen LogP contribution in [-0.2, 0) is 13.1 Å². The Hall–Kier alpha value is -1.23. The van der Waals surface area contributed by atoms with Gasteiger partial charge >= 0.3 is 0 Å². The number of imidazole rings is 1. The Kier molecular flexibility index (Phi) is 6.75. The minimum atomic E-state index is 0.343. The van der Waals surface area contributed by atoms with Gasteiger partial charge in [-0.3, -0.25) is 0 Å². The normalized spacial score (nSPS) is 11.0. The van der Waals surface area contributed by atoms with E-state index < -0.39 is 0 Å². The molecule has 0 unspecified atom stereocenters. The van der Waals surface area contributed by atoms with Crippen molar-refractivity contribution in [1.82, 2.24) is 9.55 Å². The molecule has 0 spiro atoms. The first-order chi connectivity index (χ1) is 11.1. The second kappa shape index (κ2) is 8.57. The first kappa shape index (κ1) is 18.1. The summed E-state index contributed by atoms with van der Waals surface area (Å²) in [5, 5.41) is 1.13. The Labute approximate surface area is 147 Å². The number of hydrogen-bond acceptors (Lipinski definition) is 3. The molecule has 6 heteroatoms. The van der Waals surface area contributed by atoms with Crippen molar-refractivity contribution in [2.24, 2.45) is 5.73 Å². The van der Waals surface area contributed by atoms with E-state index in [1.54, 1.807) is 0 Å². The van der Waals surface area contributed by atoms with Gasteiger partial charge < -0.3 is 15.0 Å². The van der Waals surface area contributed by atoms with Crippen molar-refractivity contribution in [3.8, 4) is 5.75 Å². The van der Waals surface area contributed by atoms with Crippen molar-refractivity contribution in [2.45, 2.75) is 46.2 Å². The van der Waals surface area contributed by atoms with E-state index in [0.29, 0.717) is 23.3 Å². The molecule has 4 nitrogen and oxygen atoms in total. The molecule has 0 aliphatic rings. The van der Waals surface area contributed by atoms with Gasteiger partial charge in [-0.1, -0.05) is 49.0 Å². The molecule has 0 aliphatic heterocycles. The Bertz CT molecular complexity index is 656. The van der Waals surface area contributed by atoms with Crippen LogP contribution in [0, 0.1) is 6.92 Å². The van der Waals surface area contributed by atoms with Gasteiger partial charge in [-0.25, -0.2) is 4.98 Å². The highest BCUT2D eigenvalue weighted by molar-refractivity contribution is 6.31. The number of ether oxygens (including phenoxy) is 1. The maximum absolute atomic E-state index is 6.40. The highest BCUT2D eigenvalue weighted by Crippen LogP contribution is 2.26. The highest BCUT2D eigenvalue weighted by atomic mass is 35.5. The van der Waals surface area contributed by atoms with Crippen LogP contribution < -0.4 is 10.5 Å². The van der Waals surface area contributed by atoms with Crippen LogP contribution in [0.5, 0.6) is 5.75 Å². The van der Waals surface area contributed by atoms with E-state index in [1.807, 2.05) is 29.7 Å². The maximum atomic E-state index is 6.40. The molecule has 0 fully saturated rings. The van der Waals surface area contributed by atoms with Crippen molar-refractivity contribution in [1.29, 1.82) is 0 Å². The molecule has 23 heavy (non-hydrogen) atoms. The molecule has 2 rings (SSSR count). The molecule has 0 atom stereocenters. The molecule has 0 bridgehead atoms. The zero-order valence-electron chi connectivity index (χ0n) is 13.6. The number of nitrogens with zero attached hydrogens (tertiary/aromatic N) is 2. The van der Waals surface area contributed by atoms with Crippen molar-refractivity contribution < 1.29 is 4.74 Å². The second-order valence-corrected chi connectivity index (χ2v) is 6.26. The number of aryl methyl sites for hydroxylation is 1. The zero-order chi connectivity index (χ0) is 16.8. The number of aromatic nitrogens is 2. The van der Waals surface area contributed by atoms with Gasteiger partial charge in [0.05, 0.1) is 18.8 Å². The molecular weight excluding hydrogens is 333 g/mol. The molecule has 0 aliphatic carbocycles. The van der Waals surface area contributed by atoms with Gasteiger partial charge in [0.2, 0.25) is 0 Å². The summed E-state index contributed by atoms with van der Waals surface area (Å²) in [5.41, 5.74) is 7.57. The van der Waals surface area contributed by atoms with Crippen LogP contribution in [0.3, 0.4) is 0 Å². The van der Waals surface area contributed by atoms with Gasteiger partial charge in [-0.2, -0.15) is 0 Å². The first-order valence-corrected chi connectivity index (χ1v) is 8.65. The summed E-state index contributed by atoms with van der Waals surface area (Å²) in [4.78, 5) is 4.26. The van der Waals surface area contributed by atoms with E-state index in [4.69, 9.17) is 33.7 Å². The van der Waals surface area contributed by atoms with Gasteiger partial charge in [0.15, 0.2) is 5.15 Å². The first-order valence-electron chi connectivity index (χ1n) is 7.89. The van der Waals surface area contributed by atoms with E-state index in [9.17, 15) is 0 Å². The molecule has 2 aromatic rings. The molecule has 0 saturated carbocycles. The van der Waals surface area contributed by atoms with Crippen LogP contribution in [0.4, 0.5) is 0 Å². The van der Waals surface area contributed by atoms with E-state index in [2.05, 4.69) is 11.9 Å². The topological polar surface area (TPSA) is 53.1 Å². The monoisotopic (exact) mass is 355 g/mol. The lowest BCUT2D eigenvalue weighted by molar-refractivity contribution is 0.306. The largest absolute Gasteiger partial charge is 0.494 e. The Morgan fingerprint density at radius 1 is 1.26 bits per heavy atom. The van der Waals surface area contributed by atoms with E-state index in [-0.39, 0.29) is 0 Å². The van der Waals surface area contributed by atoms with Crippen LogP contribution in [-0.4, -0.2) is 16.2 Å². The van der Waals surface area contributed by atoms with Gasteiger partial charge in [0.25, 0.3) is 0 Å². The molecule has 126 valence electrons. The summed E-state index contributed by atoms with van der Waals surface area (Å²) >= 11 is 12.5. The maximum Gasteiger partial charge on any atom is 0.151 e. The second-order valence-electron chi connectivity index (χ2n) is 5.50. The number of hydrogen-bond donors (Lipinski definition) is 1. The molecule has 1 heterocycles. The fourth-order valence-electron chi connectivity index (χ4n) is 2.44. The third-order valence-electron chi connectivity index (χ3n) is 3.78.